The number of sulfonamides is 1. The van der Waals surface area contributed by atoms with E-state index in [1.807, 2.05) is 0 Å². The van der Waals surface area contributed by atoms with Crippen LogP contribution in [0, 0.1) is 0 Å². The smallest absolute Gasteiger partial charge is 0.417 e. The molecule has 0 aliphatic carbocycles. The number of halogens is 5. The topological polar surface area (TPSA) is 80.6 Å². The molecule has 0 amide bonds. The molecule has 0 unspecified atom stereocenters. The predicted molar refractivity (Wildman–Crippen MR) is 113 cm³/mol. The first-order valence-corrected chi connectivity index (χ1v) is 10.9. The summed E-state index contributed by atoms with van der Waals surface area (Å²) in [5, 5.41) is 3.35. The van der Waals surface area contributed by atoms with E-state index in [1.54, 1.807) is 6.07 Å². The van der Waals surface area contributed by atoms with E-state index in [2.05, 4.69) is 10.0 Å². The molecule has 2 N–H and O–H groups in total. The number of fused-ring (bicyclic) bond motifs is 1. The van der Waals surface area contributed by atoms with E-state index in [4.69, 9.17) is 9.15 Å². The van der Waals surface area contributed by atoms with Crippen LogP contribution < -0.4 is 14.8 Å². The van der Waals surface area contributed by atoms with Crippen molar-refractivity contribution < 1.29 is 35.1 Å². The van der Waals surface area contributed by atoms with Gasteiger partial charge in [0.2, 0.25) is 0 Å². The highest BCUT2D eigenvalue weighted by Crippen LogP contribution is 2.36. The zero-order valence-corrected chi connectivity index (χ0v) is 18.0. The number of furan rings is 1. The van der Waals surface area contributed by atoms with Crippen LogP contribution in [0.5, 0.6) is 5.75 Å². The van der Waals surface area contributed by atoms with E-state index < -0.39 is 38.9 Å². The Hall–Kier alpha value is -2.50. The summed E-state index contributed by atoms with van der Waals surface area (Å²) >= 11 is 0. The fourth-order valence-corrected chi connectivity index (χ4v) is 4.70. The van der Waals surface area contributed by atoms with Crippen molar-refractivity contribution in [1.82, 2.24) is 5.32 Å². The molecule has 1 aliphatic heterocycles. The van der Waals surface area contributed by atoms with Crippen molar-refractivity contribution in [2.75, 3.05) is 17.8 Å². The van der Waals surface area contributed by atoms with Crippen LogP contribution in [0.2, 0.25) is 0 Å². The largest absolute Gasteiger partial charge is 0.483 e. The molecule has 3 aromatic rings. The maximum absolute atomic E-state index is 14.2. The second kappa shape index (κ2) is 9.16. The molecule has 0 radical (unpaired) electrons. The fraction of sp³-hybridized carbons (Fsp3) is 0.300. The molecule has 2 atom stereocenters. The van der Waals surface area contributed by atoms with Crippen LogP contribution in [-0.2, 0) is 16.2 Å². The Morgan fingerprint density at radius 3 is 2.62 bits per heavy atom. The van der Waals surface area contributed by atoms with Crippen LogP contribution in [0.4, 0.5) is 23.2 Å². The van der Waals surface area contributed by atoms with E-state index in [-0.39, 0.29) is 36.0 Å². The maximum atomic E-state index is 14.2. The van der Waals surface area contributed by atoms with Gasteiger partial charge in [-0.1, -0.05) is 12.1 Å². The fourth-order valence-electron chi connectivity index (χ4n) is 3.43. The minimum Gasteiger partial charge on any atom is -0.483 e. The summed E-state index contributed by atoms with van der Waals surface area (Å²) in [6, 6.07) is 8.10. The Kier molecular flexibility index (Phi) is 6.91. The third-order valence-corrected chi connectivity index (χ3v) is 6.32. The van der Waals surface area contributed by atoms with Crippen LogP contribution in [0.1, 0.15) is 12.0 Å². The number of ether oxygens (including phenoxy) is 1. The first-order valence-electron chi connectivity index (χ1n) is 9.37. The van der Waals surface area contributed by atoms with Crippen molar-refractivity contribution in [3.8, 4) is 5.75 Å². The molecule has 1 aliphatic rings. The first kappa shape index (κ1) is 24.1. The van der Waals surface area contributed by atoms with Gasteiger partial charge in [-0.3, -0.25) is 4.72 Å². The standard InChI is InChI=1S/C20H18F4N2O4S.ClH/c21-15-11-25-7-5-16(15)30-17-10-13(9-12-6-8-29-19(12)17)26-31(27,28)18-4-2-1-3-14(18)20(22,23)24;/h1-4,6,8-10,15-16,25-26H,5,7,11H2;1H/t15-,16-;/m1./s1. The molecule has 174 valence electrons. The molecule has 0 saturated carbocycles. The second-order valence-electron chi connectivity index (χ2n) is 7.08. The molecular weight excluding hydrogens is 476 g/mol. The normalized spacial score (nSPS) is 19.4. The lowest BCUT2D eigenvalue weighted by atomic mass is 10.1. The average Bonchev–Trinajstić information content (AvgIpc) is 3.18. The van der Waals surface area contributed by atoms with Crippen LogP contribution >= 0.6 is 12.4 Å². The highest BCUT2D eigenvalue weighted by molar-refractivity contribution is 7.92. The van der Waals surface area contributed by atoms with E-state index in [0.717, 1.165) is 12.1 Å². The zero-order valence-electron chi connectivity index (χ0n) is 16.4. The third-order valence-electron chi connectivity index (χ3n) is 4.88. The van der Waals surface area contributed by atoms with Crippen molar-refractivity contribution in [2.24, 2.45) is 0 Å². The number of nitrogens with one attached hydrogen (secondary N) is 2. The lowest BCUT2D eigenvalue weighted by Gasteiger charge is -2.27. The molecule has 32 heavy (non-hydrogen) atoms. The van der Waals surface area contributed by atoms with Gasteiger partial charge >= 0.3 is 6.18 Å². The molecule has 4 rings (SSSR count). The minimum absolute atomic E-state index is 0. The SMILES string of the molecule is Cl.O=S(=O)(Nc1cc(O[C@@H]2CCNC[C@H]2F)c2occc2c1)c1ccccc1C(F)(F)F. The number of hydrogen-bond acceptors (Lipinski definition) is 5. The number of hydrogen-bond donors (Lipinski definition) is 2. The molecule has 6 nitrogen and oxygen atoms in total. The average molecular weight is 495 g/mol. The Morgan fingerprint density at radius 2 is 1.91 bits per heavy atom. The van der Waals surface area contributed by atoms with Gasteiger partial charge in [-0.25, -0.2) is 12.8 Å². The Balaban J connectivity index is 0.00000289. The maximum Gasteiger partial charge on any atom is 0.417 e. The summed E-state index contributed by atoms with van der Waals surface area (Å²) in [6.45, 7) is 0.666. The molecule has 1 aromatic heterocycles. The van der Waals surface area contributed by atoms with Gasteiger partial charge in [0.1, 0.15) is 12.3 Å². The van der Waals surface area contributed by atoms with Crippen LogP contribution in [0.25, 0.3) is 11.0 Å². The van der Waals surface area contributed by atoms with Crippen molar-refractivity contribution in [3.63, 3.8) is 0 Å². The van der Waals surface area contributed by atoms with Gasteiger partial charge in [-0.05, 0) is 37.2 Å². The molecule has 2 aromatic carbocycles. The lowest BCUT2D eigenvalue weighted by Crippen LogP contribution is -2.44. The van der Waals surface area contributed by atoms with Gasteiger partial charge in [-0.2, -0.15) is 13.2 Å². The van der Waals surface area contributed by atoms with E-state index >= 15 is 0 Å². The summed E-state index contributed by atoms with van der Waals surface area (Å²) in [5.41, 5.74) is -1.03. The van der Waals surface area contributed by atoms with Crippen molar-refractivity contribution in [3.05, 3.63) is 54.3 Å². The van der Waals surface area contributed by atoms with E-state index in [9.17, 15) is 26.0 Å². The van der Waals surface area contributed by atoms with E-state index in [0.29, 0.717) is 24.4 Å². The number of alkyl halides is 4. The van der Waals surface area contributed by atoms with Crippen molar-refractivity contribution in [1.29, 1.82) is 0 Å². The Morgan fingerprint density at radius 1 is 1.16 bits per heavy atom. The minimum atomic E-state index is -4.85. The third kappa shape index (κ3) is 4.94. The van der Waals surface area contributed by atoms with E-state index in [1.165, 1.54) is 24.5 Å². The Bertz CT molecular complexity index is 1200. The molecule has 12 heteroatoms. The second-order valence-corrected chi connectivity index (χ2v) is 8.73. The molecule has 1 saturated heterocycles. The summed E-state index contributed by atoms with van der Waals surface area (Å²) in [4.78, 5) is -0.903. The van der Waals surface area contributed by atoms with Crippen LogP contribution in [0.15, 0.2) is 58.0 Å². The quantitative estimate of drug-likeness (QED) is 0.500. The van der Waals surface area contributed by atoms with Gasteiger partial charge in [0, 0.05) is 18.0 Å². The molecule has 2 heterocycles. The molecular formula is C20H19ClF4N2O4S. The summed E-state index contributed by atoms with van der Waals surface area (Å²) in [6.07, 6.45) is -5.16. The summed E-state index contributed by atoms with van der Waals surface area (Å²) < 4.78 is 92.8. The Labute approximate surface area is 187 Å². The van der Waals surface area contributed by atoms with Gasteiger partial charge < -0.3 is 14.5 Å². The van der Waals surface area contributed by atoms with Crippen LogP contribution in [0.3, 0.4) is 0 Å². The van der Waals surface area contributed by atoms with Gasteiger partial charge in [0.25, 0.3) is 10.0 Å². The lowest BCUT2D eigenvalue weighted by molar-refractivity contribution is -0.139. The van der Waals surface area contributed by atoms with Gasteiger partial charge in [0.15, 0.2) is 11.3 Å². The molecule has 0 bridgehead atoms. The molecule has 0 spiro atoms. The van der Waals surface area contributed by atoms with Crippen molar-refractivity contribution in [2.45, 2.75) is 29.8 Å². The number of rotatable bonds is 5. The first-order chi connectivity index (χ1) is 14.6. The summed E-state index contributed by atoms with van der Waals surface area (Å²) in [7, 11) is -4.58. The zero-order chi connectivity index (χ0) is 22.2. The highest BCUT2D eigenvalue weighted by Gasteiger charge is 2.37. The highest BCUT2D eigenvalue weighted by atomic mass is 35.5. The van der Waals surface area contributed by atoms with Gasteiger partial charge in [-0.15, -0.1) is 12.4 Å². The van der Waals surface area contributed by atoms with Crippen molar-refractivity contribution >= 4 is 39.1 Å². The number of piperidine rings is 1. The summed E-state index contributed by atoms with van der Waals surface area (Å²) in [5.74, 6) is 0.0962. The predicted octanol–water partition coefficient (Wildman–Crippen LogP) is 4.75. The van der Waals surface area contributed by atoms with Gasteiger partial charge in [0.05, 0.1) is 22.4 Å². The number of benzene rings is 2. The monoisotopic (exact) mass is 494 g/mol. The number of anilines is 1. The van der Waals surface area contributed by atoms with Crippen LogP contribution in [-0.4, -0.2) is 33.8 Å². The molecule has 1 fully saturated rings.